The van der Waals surface area contributed by atoms with Crippen LogP contribution in [0.1, 0.15) is 49.5 Å². The van der Waals surface area contributed by atoms with Crippen LogP contribution in [0.25, 0.3) is 0 Å². The number of thiazole rings is 1. The van der Waals surface area contributed by atoms with Crippen LogP contribution in [0.15, 0.2) is 22.5 Å². The largest absolute Gasteiger partial charge is 0.494 e. The summed E-state index contributed by atoms with van der Waals surface area (Å²) in [6.07, 6.45) is 2.11. The van der Waals surface area contributed by atoms with Gasteiger partial charge in [0.05, 0.1) is 30.4 Å². The molecular formula is C21H30N4O2S. The minimum Gasteiger partial charge on any atom is -0.494 e. The van der Waals surface area contributed by atoms with Crippen LogP contribution in [0.3, 0.4) is 0 Å². The minimum absolute atomic E-state index is 0.216. The fourth-order valence-electron chi connectivity index (χ4n) is 3.17. The summed E-state index contributed by atoms with van der Waals surface area (Å²) >= 11 is 1.70. The number of aryl methyl sites for hydroxylation is 1. The van der Waals surface area contributed by atoms with Gasteiger partial charge in [0.25, 0.3) is 0 Å². The van der Waals surface area contributed by atoms with Crippen molar-refractivity contribution in [3.05, 3.63) is 39.3 Å². The summed E-state index contributed by atoms with van der Waals surface area (Å²) < 4.78 is 11.8. The first-order valence-electron chi connectivity index (χ1n) is 10.0. The molecule has 1 aromatic carbocycles. The molecule has 0 bridgehead atoms. The maximum absolute atomic E-state index is 5.91. The molecule has 0 saturated heterocycles. The summed E-state index contributed by atoms with van der Waals surface area (Å²) in [5.74, 6) is 2.62. The second-order valence-electron chi connectivity index (χ2n) is 6.77. The van der Waals surface area contributed by atoms with Crippen LogP contribution < -0.4 is 20.1 Å². The van der Waals surface area contributed by atoms with Gasteiger partial charge in [0.15, 0.2) is 5.96 Å². The van der Waals surface area contributed by atoms with Crippen molar-refractivity contribution < 1.29 is 9.47 Å². The molecule has 1 atom stereocenters. The van der Waals surface area contributed by atoms with Gasteiger partial charge in [-0.15, -0.1) is 11.3 Å². The Morgan fingerprint density at radius 1 is 1.32 bits per heavy atom. The summed E-state index contributed by atoms with van der Waals surface area (Å²) in [7, 11) is 0. The molecule has 2 aromatic rings. The number of hydrogen-bond donors (Lipinski definition) is 2. The summed E-state index contributed by atoms with van der Waals surface area (Å²) in [6, 6.07) is 4.18. The van der Waals surface area contributed by atoms with E-state index in [4.69, 9.17) is 14.5 Å². The van der Waals surface area contributed by atoms with Crippen LogP contribution >= 0.6 is 11.3 Å². The van der Waals surface area contributed by atoms with E-state index in [1.165, 1.54) is 5.56 Å². The van der Waals surface area contributed by atoms with Gasteiger partial charge in [-0.2, -0.15) is 0 Å². The zero-order chi connectivity index (χ0) is 19.9. The van der Waals surface area contributed by atoms with Crippen molar-refractivity contribution in [3.63, 3.8) is 0 Å². The number of fused-ring (bicyclic) bond motifs is 1. The highest BCUT2D eigenvalue weighted by atomic mass is 32.1. The van der Waals surface area contributed by atoms with Crippen molar-refractivity contribution in [2.45, 2.75) is 59.7 Å². The van der Waals surface area contributed by atoms with Crippen LogP contribution in [0, 0.1) is 0 Å². The third-order valence-electron chi connectivity index (χ3n) is 4.47. The molecule has 152 valence electrons. The van der Waals surface area contributed by atoms with Gasteiger partial charge in [0.2, 0.25) is 0 Å². The van der Waals surface area contributed by atoms with Crippen LogP contribution in [-0.4, -0.2) is 30.2 Å². The number of guanidine groups is 1. The highest BCUT2D eigenvalue weighted by Crippen LogP contribution is 2.35. The maximum Gasteiger partial charge on any atom is 0.191 e. The molecule has 2 heterocycles. The number of hydrogen-bond acceptors (Lipinski definition) is 5. The molecule has 7 heteroatoms. The molecule has 0 fully saturated rings. The Morgan fingerprint density at radius 2 is 2.18 bits per heavy atom. The first-order valence-corrected chi connectivity index (χ1v) is 10.9. The number of aliphatic imine (C=N–C) groups is 1. The Morgan fingerprint density at radius 3 is 2.89 bits per heavy atom. The second kappa shape index (κ2) is 9.78. The van der Waals surface area contributed by atoms with Crippen molar-refractivity contribution >= 4 is 17.3 Å². The van der Waals surface area contributed by atoms with Crippen molar-refractivity contribution in [1.82, 2.24) is 15.6 Å². The molecule has 0 radical (unpaired) electrons. The fourth-order valence-corrected chi connectivity index (χ4v) is 3.91. The number of benzene rings is 1. The predicted molar refractivity (Wildman–Crippen MR) is 115 cm³/mol. The lowest BCUT2D eigenvalue weighted by Gasteiger charge is -2.13. The summed E-state index contributed by atoms with van der Waals surface area (Å²) in [5, 5.41) is 9.92. The molecule has 28 heavy (non-hydrogen) atoms. The molecule has 0 spiro atoms. The second-order valence-corrected chi connectivity index (χ2v) is 7.71. The normalized spacial score (nSPS) is 15.9. The minimum atomic E-state index is 0.216. The zero-order valence-corrected chi connectivity index (χ0v) is 18.0. The van der Waals surface area contributed by atoms with Gasteiger partial charge >= 0.3 is 0 Å². The molecule has 2 N–H and O–H groups in total. The Hall–Kier alpha value is -2.28. The molecule has 1 aliphatic heterocycles. The smallest absolute Gasteiger partial charge is 0.191 e. The third kappa shape index (κ3) is 5.16. The standard InChI is InChI=1S/C21H30N4O2S/c1-5-20-25-17(13-28-20)12-24-21(22-6-2)23-11-16-10-19-15(8-14(4)27-19)9-18(16)26-7-3/h9-10,13-14H,5-8,11-12H2,1-4H3,(H2,22,23,24). The Bertz CT molecular complexity index is 819. The van der Waals surface area contributed by atoms with Crippen LogP contribution in [0.2, 0.25) is 0 Å². The lowest BCUT2D eigenvalue weighted by Crippen LogP contribution is -2.36. The van der Waals surface area contributed by atoms with E-state index in [1.54, 1.807) is 11.3 Å². The first-order chi connectivity index (χ1) is 13.6. The van der Waals surface area contributed by atoms with Gasteiger partial charge in [0.1, 0.15) is 17.6 Å². The lowest BCUT2D eigenvalue weighted by atomic mass is 10.1. The van der Waals surface area contributed by atoms with Crippen LogP contribution in [0.5, 0.6) is 11.5 Å². The Labute approximate surface area is 171 Å². The molecule has 0 saturated carbocycles. The highest BCUT2D eigenvalue weighted by molar-refractivity contribution is 7.09. The third-order valence-corrected chi connectivity index (χ3v) is 5.51. The summed E-state index contributed by atoms with van der Waals surface area (Å²) in [6.45, 7) is 10.9. The van der Waals surface area contributed by atoms with Gasteiger partial charge in [0, 0.05) is 29.5 Å². The number of nitrogens with zero attached hydrogens (tertiary/aromatic N) is 2. The van der Waals surface area contributed by atoms with Gasteiger partial charge in [-0.05, 0) is 39.3 Å². The lowest BCUT2D eigenvalue weighted by molar-refractivity contribution is 0.254. The maximum atomic E-state index is 5.91. The molecule has 0 aliphatic carbocycles. The molecule has 6 nitrogen and oxygen atoms in total. The first kappa shape index (κ1) is 20.5. The molecule has 0 amide bonds. The highest BCUT2D eigenvalue weighted by Gasteiger charge is 2.21. The number of rotatable bonds is 8. The molecule has 1 aromatic heterocycles. The molecule has 1 unspecified atom stereocenters. The number of nitrogens with one attached hydrogen (secondary N) is 2. The zero-order valence-electron chi connectivity index (χ0n) is 17.2. The predicted octanol–water partition coefficient (Wildman–Crippen LogP) is 3.68. The molecular weight excluding hydrogens is 372 g/mol. The average molecular weight is 403 g/mol. The monoisotopic (exact) mass is 402 g/mol. The van der Waals surface area contributed by atoms with Gasteiger partial charge < -0.3 is 20.1 Å². The summed E-state index contributed by atoms with van der Waals surface area (Å²) in [4.78, 5) is 9.35. The van der Waals surface area contributed by atoms with Crippen molar-refractivity contribution in [3.8, 4) is 11.5 Å². The van der Waals surface area contributed by atoms with E-state index in [1.807, 2.05) is 6.92 Å². The van der Waals surface area contributed by atoms with Crippen molar-refractivity contribution in [2.75, 3.05) is 13.2 Å². The average Bonchev–Trinajstić information content (AvgIpc) is 3.29. The van der Waals surface area contributed by atoms with E-state index in [0.717, 1.165) is 53.1 Å². The fraction of sp³-hybridized carbons (Fsp3) is 0.524. The van der Waals surface area contributed by atoms with E-state index in [9.17, 15) is 0 Å². The van der Waals surface area contributed by atoms with E-state index in [2.05, 4.69) is 53.9 Å². The van der Waals surface area contributed by atoms with Crippen LogP contribution in [-0.2, 0) is 25.9 Å². The topological polar surface area (TPSA) is 67.8 Å². The van der Waals surface area contributed by atoms with E-state index < -0.39 is 0 Å². The van der Waals surface area contributed by atoms with Crippen molar-refractivity contribution in [1.29, 1.82) is 0 Å². The van der Waals surface area contributed by atoms with E-state index in [0.29, 0.717) is 19.7 Å². The van der Waals surface area contributed by atoms with E-state index >= 15 is 0 Å². The Balaban J connectivity index is 1.72. The molecule has 3 rings (SSSR count). The quantitative estimate of drug-likeness (QED) is 0.521. The van der Waals surface area contributed by atoms with Crippen LogP contribution in [0.4, 0.5) is 0 Å². The molecule has 1 aliphatic rings. The van der Waals surface area contributed by atoms with Gasteiger partial charge in [-0.3, -0.25) is 0 Å². The van der Waals surface area contributed by atoms with E-state index in [-0.39, 0.29) is 6.10 Å². The SMILES string of the molecule is CCNC(=NCc1cc2c(cc1OCC)CC(C)O2)NCc1csc(CC)n1. The number of aromatic nitrogens is 1. The van der Waals surface area contributed by atoms with Gasteiger partial charge in [-0.1, -0.05) is 6.92 Å². The van der Waals surface area contributed by atoms with Gasteiger partial charge in [-0.25, -0.2) is 9.98 Å². The van der Waals surface area contributed by atoms with Crippen molar-refractivity contribution in [2.24, 2.45) is 4.99 Å². The Kier molecular flexibility index (Phi) is 7.14. The number of ether oxygens (including phenoxy) is 2. The summed E-state index contributed by atoms with van der Waals surface area (Å²) in [5.41, 5.74) is 3.29.